The summed E-state index contributed by atoms with van der Waals surface area (Å²) in [6.07, 6.45) is 5.73. The average Bonchev–Trinajstić information content (AvgIpc) is 1.92. The summed E-state index contributed by atoms with van der Waals surface area (Å²) in [5.74, 6) is 1.13. The Bertz CT molecular complexity index is 120. The van der Waals surface area contributed by atoms with E-state index in [-0.39, 0.29) is 0 Å². The van der Waals surface area contributed by atoms with Gasteiger partial charge in [-0.15, -0.1) is 0 Å². The van der Waals surface area contributed by atoms with Crippen LogP contribution in [-0.2, 0) is 4.84 Å². The summed E-state index contributed by atoms with van der Waals surface area (Å²) in [6.45, 7) is 0. The van der Waals surface area contributed by atoms with Crippen molar-refractivity contribution in [2.75, 3.05) is 0 Å². The van der Waals surface area contributed by atoms with Crippen LogP contribution in [0.25, 0.3) is 0 Å². The van der Waals surface area contributed by atoms with Gasteiger partial charge in [0.1, 0.15) is 5.76 Å². The van der Waals surface area contributed by atoms with Crippen molar-refractivity contribution in [1.82, 2.24) is 5.48 Å². The largest absolute Gasteiger partial charge is 0.413 e. The molecule has 8 heavy (non-hydrogen) atoms. The van der Waals surface area contributed by atoms with Gasteiger partial charge >= 0.3 is 0 Å². The van der Waals surface area contributed by atoms with Gasteiger partial charge in [-0.2, -0.15) is 5.48 Å². The molecule has 2 bridgehead atoms. The van der Waals surface area contributed by atoms with Crippen LogP contribution in [0.15, 0.2) is 11.8 Å². The van der Waals surface area contributed by atoms with E-state index in [1.54, 1.807) is 0 Å². The summed E-state index contributed by atoms with van der Waals surface area (Å²) in [5.41, 5.74) is 2.95. The molecule has 2 heteroatoms. The third kappa shape index (κ3) is 0.530. The van der Waals surface area contributed by atoms with Gasteiger partial charge in [-0.1, -0.05) is 0 Å². The Hall–Kier alpha value is -0.500. The van der Waals surface area contributed by atoms with Crippen molar-refractivity contribution in [2.24, 2.45) is 0 Å². The molecule has 0 aromatic carbocycles. The lowest BCUT2D eigenvalue weighted by Gasteiger charge is -2.29. The van der Waals surface area contributed by atoms with Gasteiger partial charge in [0, 0.05) is 12.5 Å². The Labute approximate surface area is 48.5 Å². The zero-order chi connectivity index (χ0) is 5.40. The maximum atomic E-state index is 5.09. The van der Waals surface area contributed by atoms with Gasteiger partial charge in [-0.05, 0) is 18.9 Å². The van der Waals surface area contributed by atoms with Gasteiger partial charge in [0.15, 0.2) is 0 Å². The third-order valence-corrected chi connectivity index (χ3v) is 1.73. The maximum absolute atomic E-state index is 5.09. The molecule has 44 valence electrons. The van der Waals surface area contributed by atoms with Crippen molar-refractivity contribution < 1.29 is 4.84 Å². The van der Waals surface area contributed by atoms with Crippen molar-refractivity contribution in [3.05, 3.63) is 11.8 Å². The molecular weight excluding hydrogens is 102 g/mol. The fourth-order valence-corrected chi connectivity index (χ4v) is 1.17. The molecule has 0 spiro atoms. The van der Waals surface area contributed by atoms with Gasteiger partial charge in [0.2, 0.25) is 0 Å². The summed E-state index contributed by atoms with van der Waals surface area (Å²) in [5, 5.41) is 0. The number of rotatable bonds is 0. The minimum atomic E-state index is 0.604. The molecule has 2 aliphatic heterocycles. The predicted octanol–water partition coefficient (Wildman–Crippen LogP) is 0.958. The molecule has 1 saturated heterocycles. The Kier molecular flexibility index (Phi) is 0.815. The lowest BCUT2D eigenvalue weighted by molar-refractivity contribution is 0.0213. The van der Waals surface area contributed by atoms with Gasteiger partial charge in [0.05, 0.1) is 0 Å². The summed E-state index contributed by atoms with van der Waals surface area (Å²) in [6, 6.07) is 0.604. The number of nitrogens with one attached hydrogen (secondary N) is 1. The van der Waals surface area contributed by atoms with Crippen LogP contribution in [0.1, 0.15) is 19.3 Å². The van der Waals surface area contributed by atoms with Crippen LogP contribution >= 0.6 is 0 Å². The average molecular weight is 111 g/mol. The van der Waals surface area contributed by atoms with Crippen molar-refractivity contribution in [3.8, 4) is 0 Å². The number of fused-ring (bicyclic) bond motifs is 3. The molecule has 0 radical (unpaired) electrons. The summed E-state index contributed by atoms with van der Waals surface area (Å²) >= 11 is 0. The molecule has 0 aromatic heterocycles. The first-order valence-electron chi connectivity index (χ1n) is 3.06. The second kappa shape index (κ2) is 1.49. The minimum Gasteiger partial charge on any atom is -0.413 e. The normalized spacial score (nSPS) is 34.0. The van der Waals surface area contributed by atoms with E-state index in [9.17, 15) is 0 Å². The lowest BCUT2D eigenvalue weighted by atomic mass is 10.0. The van der Waals surface area contributed by atoms with Gasteiger partial charge in [-0.3, -0.25) is 0 Å². The van der Waals surface area contributed by atoms with Gasteiger partial charge in [0.25, 0.3) is 0 Å². The molecule has 1 aliphatic carbocycles. The quantitative estimate of drug-likeness (QED) is 0.502. The first-order chi connectivity index (χ1) is 3.95. The van der Waals surface area contributed by atoms with E-state index in [4.69, 9.17) is 4.84 Å². The molecule has 2 heterocycles. The standard InChI is InChI=1S/C6H9NO/c1-3-6-4-2-5(1)7-8-6/h3,5,7H,1-2,4H2. The van der Waals surface area contributed by atoms with Crippen LogP contribution in [-0.4, -0.2) is 6.04 Å². The van der Waals surface area contributed by atoms with Crippen molar-refractivity contribution >= 4 is 0 Å². The first kappa shape index (κ1) is 4.39. The fraction of sp³-hybridized carbons (Fsp3) is 0.667. The van der Waals surface area contributed by atoms with E-state index in [0.717, 1.165) is 18.6 Å². The van der Waals surface area contributed by atoms with Crippen LogP contribution in [0.4, 0.5) is 0 Å². The van der Waals surface area contributed by atoms with E-state index in [1.165, 1.54) is 6.42 Å². The number of hydrogen-bond acceptors (Lipinski definition) is 2. The molecular formula is C6H9NO. The summed E-state index contributed by atoms with van der Waals surface area (Å²) in [4.78, 5) is 5.09. The van der Waals surface area contributed by atoms with E-state index in [0.29, 0.717) is 6.04 Å². The Morgan fingerprint density at radius 1 is 1.75 bits per heavy atom. The Morgan fingerprint density at radius 2 is 2.75 bits per heavy atom. The fourth-order valence-electron chi connectivity index (χ4n) is 1.17. The maximum Gasteiger partial charge on any atom is 0.120 e. The molecule has 1 unspecified atom stereocenters. The van der Waals surface area contributed by atoms with E-state index in [1.807, 2.05) is 0 Å². The van der Waals surface area contributed by atoms with Crippen LogP contribution < -0.4 is 5.48 Å². The second-order valence-electron chi connectivity index (χ2n) is 2.36. The molecule has 0 aromatic rings. The van der Waals surface area contributed by atoms with Crippen LogP contribution in [0.5, 0.6) is 0 Å². The number of allylic oxidation sites excluding steroid dienone is 1. The highest BCUT2D eigenvalue weighted by molar-refractivity contribution is 5.03. The SMILES string of the molecule is C1=C2CCC(C1)NO2. The highest BCUT2D eigenvalue weighted by atomic mass is 16.7. The molecule has 3 rings (SSSR count). The van der Waals surface area contributed by atoms with Gasteiger partial charge < -0.3 is 4.84 Å². The van der Waals surface area contributed by atoms with Crippen LogP contribution in [0.3, 0.4) is 0 Å². The highest BCUT2D eigenvalue weighted by Gasteiger charge is 2.20. The molecule has 2 nitrogen and oxygen atoms in total. The molecule has 0 amide bonds. The van der Waals surface area contributed by atoms with Crippen molar-refractivity contribution in [3.63, 3.8) is 0 Å². The highest BCUT2D eigenvalue weighted by Crippen LogP contribution is 2.23. The summed E-state index contributed by atoms with van der Waals surface area (Å²) in [7, 11) is 0. The van der Waals surface area contributed by atoms with Gasteiger partial charge in [-0.25, -0.2) is 0 Å². The first-order valence-corrected chi connectivity index (χ1v) is 3.06. The topological polar surface area (TPSA) is 21.3 Å². The predicted molar refractivity (Wildman–Crippen MR) is 29.9 cm³/mol. The van der Waals surface area contributed by atoms with Crippen LogP contribution in [0, 0.1) is 0 Å². The van der Waals surface area contributed by atoms with E-state index < -0.39 is 0 Å². The Morgan fingerprint density at radius 3 is 2.88 bits per heavy atom. The zero-order valence-electron chi connectivity index (χ0n) is 4.68. The lowest BCUT2D eigenvalue weighted by Crippen LogP contribution is -2.36. The summed E-state index contributed by atoms with van der Waals surface area (Å²) < 4.78 is 0. The molecule has 0 saturated carbocycles. The molecule has 1 N–H and O–H groups in total. The monoisotopic (exact) mass is 111 g/mol. The van der Waals surface area contributed by atoms with E-state index in [2.05, 4.69) is 11.6 Å². The number of hydroxylamine groups is 1. The second-order valence-corrected chi connectivity index (χ2v) is 2.36. The zero-order valence-corrected chi connectivity index (χ0v) is 4.68. The van der Waals surface area contributed by atoms with Crippen molar-refractivity contribution in [2.45, 2.75) is 25.3 Å². The van der Waals surface area contributed by atoms with E-state index >= 15 is 0 Å². The van der Waals surface area contributed by atoms with Crippen LogP contribution in [0.2, 0.25) is 0 Å². The smallest absolute Gasteiger partial charge is 0.120 e. The molecule has 3 aliphatic rings. The number of hydrogen-bond donors (Lipinski definition) is 1. The van der Waals surface area contributed by atoms with Crippen molar-refractivity contribution in [1.29, 1.82) is 0 Å². The molecule has 1 atom stereocenters. The third-order valence-electron chi connectivity index (χ3n) is 1.73. The molecule has 1 fully saturated rings. The Balaban J connectivity index is 2.22. The minimum absolute atomic E-state index is 0.604.